The third kappa shape index (κ3) is 5.76. The Morgan fingerprint density at radius 3 is 2.59 bits per heavy atom. The number of hydrogen-bond donors (Lipinski definition) is 1. The molecule has 2 aliphatic heterocycles. The van der Waals surface area contributed by atoms with Crippen LogP contribution in [0, 0.1) is 17.8 Å². The summed E-state index contributed by atoms with van der Waals surface area (Å²) in [5.41, 5.74) is 0. The standard InChI is InChI=1S/C24H40N6O4/c1-4-7-22-26-28-30(27-22)19-12-21(24(32)34-6-3)29(15-19)14-16-8-9-17-13-25-20(11-18(17)10-16)23(31)33-5-2/h16-21,25H,4-15H2,1-3H3. The zero-order chi connectivity index (χ0) is 24.1. The molecule has 2 saturated heterocycles. The molecule has 0 bridgehead atoms. The van der Waals surface area contributed by atoms with Crippen LogP contribution in [-0.2, 0) is 25.5 Å². The van der Waals surface area contributed by atoms with E-state index in [9.17, 15) is 9.59 Å². The first-order chi connectivity index (χ1) is 16.5. The zero-order valence-corrected chi connectivity index (χ0v) is 20.8. The quantitative estimate of drug-likeness (QED) is 0.533. The maximum absolute atomic E-state index is 12.8. The van der Waals surface area contributed by atoms with Crippen molar-refractivity contribution < 1.29 is 19.1 Å². The second-order valence-corrected chi connectivity index (χ2v) is 10.0. The molecule has 4 rings (SSSR count). The van der Waals surface area contributed by atoms with Crippen LogP contribution < -0.4 is 5.32 Å². The molecule has 3 aliphatic rings. The van der Waals surface area contributed by atoms with Crippen molar-refractivity contribution in [2.75, 3.05) is 32.8 Å². The summed E-state index contributed by atoms with van der Waals surface area (Å²) in [5.74, 6) is 2.10. The highest BCUT2D eigenvalue weighted by Gasteiger charge is 2.43. The predicted octanol–water partition coefficient (Wildman–Crippen LogP) is 1.76. The molecule has 1 N–H and O–H groups in total. The largest absolute Gasteiger partial charge is 0.465 e. The van der Waals surface area contributed by atoms with Crippen LogP contribution >= 0.6 is 0 Å². The average Bonchev–Trinajstić information content (AvgIpc) is 3.46. The Morgan fingerprint density at radius 2 is 1.82 bits per heavy atom. The molecular formula is C24H40N6O4. The van der Waals surface area contributed by atoms with Crippen molar-refractivity contribution in [3.8, 4) is 0 Å². The van der Waals surface area contributed by atoms with Gasteiger partial charge in [0.1, 0.15) is 12.1 Å². The third-order valence-electron chi connectivity index (χ3n) is 7.69. The van der Waals surface area contributed by atoms with E-state index in [0.29, 0.717) is 37.4 Å². The predicted molar refractivity (Wildman–Crippen MR) is 125 cm³/mol. The maximum atomic E-state index is 12.8. The van der Waals surface area contributed by atoms with E-state index < -0.39 is 0 Å². The van der Waals surface area contributed by atoms with Crippen LogP contribution in [0.5, 0.6) is 0 Å². The monoisotopic (exact) mass is 476 g/mol. The number of hydrogen-bond acceptors (Lipinski definition) is 9. The van der Waals surface area contributed by atoms with Crippen molar-refractivity contribution in [3.05, 3.63) is 5.82 Å². The van der Waals surface area contributed by atoms with Crippen LogP contribution in [0.1, 0.15) is 71.2 Å². The topological polar surface area (TPSA) is 111 Å². The Bertz CT molecular complexity index is 832. The Labute approximate surface area is 202 Å². The lowest BCUT2D eigenvalue weighted by atomic mass is 9.69. The first kappa shape index (κ1) is 25.0. The fraction of sp³-hybridized carbons (Fsp3) is 0.875. The van der Waals surface area contributed by atoms with Crippen LogP contribution in [-0.4, -0.2) is 82.0 Å². The Hall–Kier alpha value is -2.07. The minimum Gasteiger partial charge on any atom is -0.465 e. The average molecular weight is 477 g/mol. The van der Waals surface area contributed by atoms with Gasteiger partial charge in [0.2, 0.25) is 0 Å². The second kappa shape index (κ2) is 11.6. The lowest BCUT2D eigenvalue weighted by Crippen LogP contribution is -2.51. The van der Waals surface area contributed by atoms with Crippen LogP contribution in [0.15, 0.2) is 0 Å². The van der Waals surface area contributed by atoms with Gasteiger partial charge in [-0.1, -0.05) is 6.92 Å². The summed E-state index contributed by atoms with van der Waals surface area (Å²) in [6, 6.07) is -0.446. The van der Waals surface area contributed by atoms with Crippen molar-refractivity contribution in [1.29, 1.82) is 0 Å². The molecule has 6 atom stereocenters. The second-order valence-electron chi connectivity index (χ2n) is 10.0. The number of rotatable bonds is 9. The van der Waals surface area contributed by atoms with Crippen LogP contribution in [0.2, 0.25) is 0 Å². The minimum atomic E-state index is -0.274. The molecule has 0 radical (unpaired) electrons. The maximum Gasteiger partial charge on any atom is 0.323 e. The van der Waals surface area contributed by atoms with Gasteiger partial charge in [-0.25, -0.2) is 0 Å². The number of aromatic nitrogens is 4. The number of aryl methyl sites for hydroxylation is 1. The number of fused-ring (bicyclic) bond motifs is 1. The molecule has 0 aromatic carbocycles. The Kier molecular flexibility index (Phi) is 8.52. The van der Waals surface area contributed by atoms with Gasteiger partial charge in [0.05, 0.1) is 19.3 Å². The van der Waals surface area contributed by atoms with Gasteiger partial charge in [-0.3, -0.25) is 14.5 Å². The summed E-state index contributed by atoms with van der Waals surface area (Å²) in [6.45, 7) is 9.06. The zero-order valence-electron chi connectivity index (χ0n) is 20.8. The molecule has 10 nitrogen and oxygen atoms in total. The number of piperidine rings is 1. The van der Waals surface area contributed by atoms with Crippen LogP contribution in [0.3, 0.4) is 0 Å². The van der Waals surface area contributed by atoms with E-state index in [1.165, 1.54) is 0 Å². The van der Waals surface area contributed by atoms with Gasteiger partial charge in [0.15, 0.2) is 5.82 Å². The number of nitrogens with zero attached hydrogens (tertiary/aromatic N) is 5. The molecule has 3 heterocycles. The lowest BCUT2D eigenvalue weighted by Gasteiger charge is -2.43. The lowest BCUT2D eigenvalue weighted by molar-refractivity contribution is -0.149. The molecule has 0 spiro atoms. The van der Waals surface area contributed by atoms with Crippen LogP contribution in [0.4, 0.5) is 0 Å². The van der Waals surface area contributed by atoms with Gasteiger partial charge in [0.25, 0.3) is 0 Å². The van der Waals surface area contributed by atoms with Gasteiger partial charge in [0, 0.05) is 19.5 Å². The molecule has 3 fully saturated rings. The van der Waals surface area contributed by atoms with Crippen molar-refractivity contribution >= 4 is 11.9 Å². The van der Waals surface area contributed by atoms with Crippen molar-refractivity contribution in [3.63, 3.8) is 0 Å². The highest BCUT2D eigenvalue weighted by Crippen LogP contribution is 2.40. The molecular weight excluding hydrogens is 436 g/mol. The molecule has 1 saturated carbocycles. The first-order valence-electron chi connectivity index (χ1n) is 13.1. The number of likely N-dealkylation sites (tertiary alicyclic amines) is 1. The minimum absolute atomic E-state index is 0.0240. The fourth-order valence-electron chi connectivity index (χ4n) is 6.05. The Morgan fingerprint density at radius 1 is 1.03 bits per heavy atom. The van der Waals surface area contributed by atoms with Crippen LogP contribution in [0.25, 0.3) is 0 Å². The number of carbonyl (C=O) groups excluding carboxylic acids is 2. The van der Waals surface area contributed by atoms with E-state index in [1.54, 1.807) is 4.80 Å². The number of nitrogens with one attached hydrogen (secondary N) is 1. The summed E-state index contributed by atoms with van der Waals surface area (Å²) in [7, 11) is 0. The highest BCUT2D eigenvalue weighted by atomic mass is 16.5. The normalized spacial score (nSPS) is 31.7. The molecule has 34 heavy (non-hydrogen) atoms. The van der Waals surface area contributed by atoms with E-state index >= 15 is 0 Å². The summed E-state index contributed by atoms with van der Waals surface area (Å²) in [6.07, 6.45) is 6.66. The molecule has 6 unspecified atom stereocenters. The van der Waals surface area contributed by atoms with Gasteiger partial charge in [-0.05, 0) is 81.9 Å². The molecule has 1 aliphatic carbocycles. The number of tetrazole rings is 1. The van der Waals surface area contributed by atoms with Gasteiger partial charge in [-0.2, -0.15) is 4.80 Å². The fourth-order valence-corrected chi connectivity index (χ4v) is 6.05. The molecule has 190 valence electrons. The summed E-state index contributed by atoms with van der Waals surface area (Å²) < 4.78 is 10.7. The van der Waals surface area contributed by atoms with Crippen molar-refractivity contribution in [2.24, 2.45) is 17.8 Å². The van der Waals surface area contributed by atoms with E-state index in [-0.39, 0.29) is 30.1 Å². The van der Waals surface area contributed by atoms with Gasteiger partial charge in [-0.15, -0.1) is 10.2 Å². The molecule has 0 amide bonds. The van der Waals surface area contributed by atoms with E-state index in [1.807, 2.05) is 13.8 Å². The summed E-state index contributed by atoms with van der Waals surface area (Å²) in [5, 5.41) is 16.4. The van der Waals surface area contributed by atoms with E-state index in [0.717, 1.165) is 64.0 Å². The Balaban J connectivity index is 1.39. The number of esters is 2. The molecule has 10 heteroatoms. The van der Waals surface area contributed by atoms with Crippen molar-refractivity contribution in [2.45, 2.75) is 83.8 Å². The van der Waals surface area contributed by atoms with Crippen molar-refractivity contribution in [1.82, 2.24) is 30.4 Å². The van der Waals surface area contributed by atoms with E-state index in [4.69, 9.17) is 9.47 Å². The van der Waals surface area contributed by atoms with Gasteiger partial charge >= 0.3 is 11.9 Å². The van der Waals surface area contributed by atoms with Gasteiger partial charge < -0.3 is 14.8 Å². The first-order valence-corrected chi connectivity index (χ1v) is 13.1. The summed E-state index contributed by atoms with van der Waals surface area (Å²) in [4.78, 5) is 29.0. The smallest absolute Gasteiger partial charge is 0.323 e. The SMILES string of the molecule is CCCc1nnn(C2CC(C(=O)OCC)N(CC3CCC4CNC(C(=O)OCC)CC4C3)C2)n1. The number of ether oxygens (including phenoxy) is 2. The molecule has 1 aromatic heterocycles. The van der Waals surface area contributed by atoms with E-state index in [2.05, 4.69) is 32.6 Å². The summed E-state index contributed by atoms with van der Waals surface area (Å²) >= 11 is 0. The third-order valence-corrected chi connectivity index (χ3v) is 7.69. The molecule has 1 aromatic rings. The highest BCUT2D eigenvalue weighted by molar-refractivity contribution is 5.76. The number of carbonyl (C=O) groups is 2.